The van der Waals surface area contributed by atoms with Crippen LogP contribution in [0.1, 0.15) is 15.9 Å². The minimum atomic E-state index is -0.575. The van der Waals surface area contributed by atoms with E-state index >= 15 is 0 Å². The molecule has 2 N–H and O–H groups in total. The third-order valence-corrected chi connectivity index (χ3v) is 5.33. The Labute approximate surface area is 194 Å². The quantitative estimate of drug-likeness (QED) is 0.242. The van der Waals surface area contributed by atoms with Crippen molar-refractivity contribution in [2.24, 2.45) is 0 Å². The number of non-ortho nitro benzene ring substituents is 1. The molecule has 0 atom stereocenters. The summed E-state index contributed by atoms with van der Waals surface area (Å²) in [5.74, 6) is -1.08. The van der Waals surface area contributed by atoms with Gasteiger partial charge in [0.15, 0.2) is 0 Å². The van der Waals surface area contributed by atoms with Crippen LogP contribution in [0.2, 0.25) is 0 Å². The average Bonchev–Trinajstić information content (AvgIpc) is 2.75. The molecule has 2 amide bonds. The average molecular weight is 545 g/mol. The second-order valence-corrected chi connectivity index (χ2v) is 8.08. The predicted molar refractivity (Wildman–Crippen MR) is 125 cm³/mol. The molecule has 156 valence electrons. The largest absolute Gasteiger partial charge is 0.321 e. The maximum atomic E-state index is 12.9. The molecule has 7 nitrogen and oxygen atoms in total. The highest BCUT2D eigenvalue weighted by molar-refractivity contribution is 9.10. The summed E-state index contributed by atoms with van der Waals surface area (Å²) in [6, 6.07) is 19.5. The lowest BCUT2D eigenvalue weighted by Crippen LogP contribution is -2.31. The number of hydrogen-bond acceptors (Lipinski definition) is 4. The molecule has 3 rings (SSSR count). The van der Waals surface area contributed by atoms with Crippen LogP contribution in [0.5, 0.6) is 0 Å². The first-order valence-corrected chi connectivity index (χ1v) is 10.5. The van der Waals surface area contributed by atoms with Crippen molar-refractivity contribution in [3.63, 3.8) is 0 Å². The van der Waals surface area contributed by atoms with E-state index in [0.717, 1.165) is 4.47 Å². The minimum absolute atomic E-state index is 0.0656. The van der Waals surface area contributed by atoms with Crippen molar-refractivity contribution in [2.75, 3.05) is 5.32 Å². The predicted octanol–water partition coefficient (Wildman–Crippen LogP) is 5.53. The molecule has 0 unspecified atom stereocenters. The molecule has 0 aliphatic rings. The Balaban J connectivity index is 1.94. The second kappa shape index (κ2) is 10.1. The first kappa shape index (κ1) is 22.4. The number of hydrogen-bond donors (Lipinski definition) is 2. The minimum Gasteiger partial charge on any atom is -0.321 e. The second-order valence-electron chi connectivity index (χ2n) is 6.31. The monoisotopic (exact) mass is 543 g/mol. The van der Waals surface area contributed by atoms with E-state index in [1.54, 1.807) is 54.6 Å². The summed E-state index contributed by atoms with van der Waals surface area (Å²) in [5.41, 5.74) is 1.06. The summed E-state index contributed by atoms with van der Waals surface area (Å²) in [5, 5.41) is 16.4. The number of benzene rings is 3. The van der Waals surface area contributed by atoms with E-state index in [1.165, 1.54) is 24.3 Å². The molecule has 0 fully saturated rings. The van der Waals surface area contributed by atoms with Gasteiger partial charge >= 0.3 is 0 Å². The third-order valence-electron chi connectivity index (χ3n) is 4.11. The van der Waals surface area contributed by atoms with Gasteiger partial charge in [-0.2, -0.15) is 0 Å². The van der Waals surface area contributed by atoms with E-state index in [-0.39, 0.29) is 11.4 Å². The summed E-state index contributed by atoms with van der Waals surface area (Å²) >= 11 is 6.64. The zero-order valence-electron chi connectivity index (χ0n) is 15.8. The normalized spacial score (nSPS) is 11.0. The van der Waals surface area contributed by atoms with E-state index in [0.29, 0.717) is 21.3 Å². The molecule has 0 heterocycles. The molecule has 0 aliphatic carbocycles. The number of anilines is 1. The van der Waals surface area contributed by atoms with Crippen LogP contribution in [0.3, 0.4) is 0 Å². The molecule has 0 bridgehead atoms. The molecular weight excluding hydrogens is 530 g/mol. The van der Waals surface area contributed by atoms with Crippen LogP contribution in [-0.4, -0.2) is 16.7 Å². The molecule has 3 aromatic carbocycles. The van der Waals surface area contributed by atoms with Gasteiger partial charge < -0.3 is 10.6 Å². The van der Waals surface area contributed by atoms with Gasteiger partial charge in [0, 0.05) is 26.8 Å². The Bertz CT molecular complexity index is 1180. The van der Waals surface area contributed by atoms with E-state index in [1.807, 2.05) is 0 Å². The summed E-state index contributed by atoms with van der Waals surface area (Å²) < 4.78 is 1.41. The van der Waals surface area contributed by atoms with Crippen molar-refractivity contribution in [2.45, 2.75) is 0 Å². The highest BCUT2D eigenvalue weighted by Gasteiger charge is 2.17. The van der Waals surface area contributed by atoms with Gasteiger partial charge in [-0.05, 0) is 64.0 Å². The van der Waals surface area contributed by atoms with Crippen molar-refractivity contribution in [1.29, 1.82) is 0 Å². The Morgan fingerprint density at radius 1 is 0.935 bits per heavy atom. The lowest BCUT2D eigenvalue weighted by atomic mass is 10.1. The van der Waals surface area contributed by atoms with Crippen LogP contribution in [0.4, 0.5) is 11.4 Å². The van der Waals surface area contributed by atoms with Crippen molar-refractivity contribution in [3.05, 3.63) is 109 Å². The number of rotatable bonds is 6. The Morgan fingerprint density at radius 3 is 2.32 bits per heavy atom. The number of nitro groups is 1. The van der Waals surface area contributed by atoms with Crippen LogP contribution >= 0.6 is 31.9 Å². The standard InChI is InChI=1S/C22H15Br2N3O4/c23-15-8-10-16(11-9-15)25-22(29)20(13-14-4-3-5-17(12-14)27(30)31)26-21(28)18-6-1-2-7-19(18)24/h1-13H,(H,25,29)(H,26,28). The Kier molecular flexibility index (Phi) is 7.32. The molecule has 9 heteroatoms. The van der Waals surface area contributed by atoms with Gasteiger partial charge in [0.05, 0.1) is 10.5 Å². The smallest absolute Gasteiger partial charge is 0.272 e. The maximum Gasteiger partial charge on any atom is 0.272 e. The van der Waals surface area contributed by atoms with Crippen LogP contribution in [-0.2, 0) is 4.79 Å². The highest BCUT2D eigenvalue weighted by Crippen LogP contribution is 2.19. The molecule has 0 saturated carbocycles. The lowest BCUT2D eigenvalue weighted by molar-refractivity contribution is -0.384. The Hall–Kier alpha value is -3.30. The fourth-order valence-corrected chi connectivity index (χ4v) is 3.35. The lowest BCUT2D eigenvalue weighted by Gasteiger charge is -2.12. The molecule has 3 aromatic rings. The van der Waals surface area contributed by atoms with E-state index < -0.39 is 16.7 Å². The number of nitrogens with zero attached hydrogens (tertiary/aromatic N) is 1. The Morgan fingerprint density at radius 2 is 1.65 bits per heavy atom. The number of carbonyl (C=O) groups excluding carboxylic acids is 2. The van der Waals surface area contributed by atoms with Crippen molar-refractivity contribution in [1.82, 2.24) is 5.32 Å². The third kappa shape index (κ3) is 6.09. The maximum absolute atomic E-state index is 12.9. The van der Waals surface area contributed by atoms with Gasteiger partial charge in [0.25, 0.3) is 17.5 Å². The number of carbonyl (C=O) groups is 2. The van der Waals surface area contributed by atoms with Gasteiger partial charge in [-0.25, -0.2) is 0 Å². The van der Waals surface area contributed by atoms with Crippen molar-refractivity contribution in [3.8, 4) is 0 Å². The van der Waals surface area contributed by atoms with Crippen molar-refractivity contribution < 1.29 is 14.5 Å². The SMILES string of the molecule is O=C(Nc1ccc(Br)cc1)C(=Cc1cccc([N+](=O)[O-])c1)NC(=O)c1ccccc1Br. The van der Waals surface area contributed by atoms with Gasteiger partial charge in [-0.15, -0.1) is 0 Å². The topological polar surface area (TPSA) is 101 Å². The molecule has 0 aliphatic heterocycles. The summed E-state index contributed by atoms with van der Waals surface area (Å²) in [7, 11) is 0. The van der Waals surface area contributed by atoms with E-state index in [2.05, 4.69) is 42.5 Å². The fourth-order valence-electron chi connectivity index (χ4n) is 2.62. The number of halogens is 2. The molecular formula is C22H15Br2N3O4. The summed E-state index contributed by atoms with van der Waals surface area (Å²) in [4.78, 5) is 36.2. The molecule has 0 spiro atoms. The van der Waals surface area contributed by atoms with Gasteiger partial charge in [-0.1, -0.05) is 40.2 Å². The van der Waals surface area contributed by atoms with E-state index in [4.69, 9.17) is 0 Å². The first-order chi connectivity index (χ1) is 14.8. The first-order valence-electron chi connectivity index (χ1n) is 8.92. The van der Waals surface area contributed by atoms with Crippen LogP contribution < -0.4 is 10.6 Å². The van der Waals surface area contributed by atoms with Crippen LogP contribution in [0.15, 0.2) is 87.4 Å². The van der Waals surface area contributed by atoms with Crippen LogP contribution in [0, 0.1) is 10.1 Å². The molecule has 0 aromatic heterocycles. The number of nitro benzene ring substituents is 1. The van der Waals surface area contributed by atoms with Crippen molar-refractivity contribution >= 4 is 61.1 Å². The van der Waals surface area contributed by atoms with Gasteiger partial charge in [-0.3, -0.25) is 19.7 Å². The zero-order valence-corrected chi connectivity index (χ0v) is 19.0. The number of amides is 2. The summed E-state index contributed by atoms with van der Waals surface area (Å²) in [6.45, 7) is 0. The molecule has 0 saturated heterocycles. The van der Waals surface area contributed by atoms with E-state index in [9.17, 15) is 19.7 Å². The zero-order chi connectivity index (χ0) is 22.4. The highest BCUT2D eigenvalue weighted by atomic mass is 79.9. The van der Waals surface area contributed by atoms with Gasteiger partial charge in [0.1, 0.15) is 5.70 Å². The van der Waals surface area contributed by atoms with Gasteiger partial charge in [0.2, 0.25) is 0 Å². The molecule has 0 radical (unpaired) electrons. The van der Waals surface area contributed by atoms with Crippen LogP contribution in [0.25, 0.3) is 6.08 Å². The molecule has 31 heavy (non-hydrogen) atoms. The fraction of sp³-hybridized carbons (Fsp3) is 0. The summed E-state index contributed by atoms with van der Waals surface area (Å²) in [6.07, 6.45) is 1.38. The number of nitrogens with one attached hydrogen (secondary N) is 2.